The highest BCUT2D eigenvalue weighted by molar-refractivity contribution is 5.84. The molecule has 1 amide bonds. The van der Waals surface area contributed by atoms with E-state index in [1.54, 1.807) is 0 Å². The van der Waals surface area contributed by atoms with E-state index in [9.17, 15) is 18.0 Å². The van der Waals surface area contributed by atoms with Gasteiger partial charge >= 0.3 is 6.18 Å². The molecule has 0 heterocycles. The van der Waals surface area contributed by atoms with Crippen molar-refractivity contribution >= 4 is 5.91 Å². The molecule has 0 fully saturated rings. The number of nitrogens with two attached hydrogens (primary N) is 1. The summed E-state index contributed by atoms with van der Waals surface area (Å²) in [6.45, 7) is 1.03. The highest BCUT2D eigenvalue weighted by atomic mass is 19.4. The van der Waals surface area contributed by atoms with Gasteiger partial charge in [-0.05, 0) is 6.42 Å². The largest absolute Gasteiger partial charge is 0.426 e. The third-order valence-corrected chi connectivity index (χ3v) is 1.39. The number of hydrogen-bond acceptors (Lipinski definition) is 2. The lowest BCUT2D eigenvalue weighted by molar-refractivity contribution is -0.250. The lowest BCUT2D eigenvalue weighted by Crippen LogP contribution is -2.54. The van der Waals surface area contributed by atoms with Crippen LogP contribution in [0.4, 0.5) is 13.2 Å². The Hall–Kier alpha value is -0.780. The van der Waals surface area contributed by atoms with Crippen molar-refractivity contribution in [3.05, 3.63) is 0 Å². The van der Waals surface area contributed by atoms with Crippen molar-refractivity contribution in [1.29, 1.82) is 0 Å². The fourth-order valence-corrected chi connectivity index (χ4v) is 0.514. The second kappa shape index (κ2) is 2.69. The molecule has 0 aromatic heterocycles. The second-order valence-electron chi connectivity index (χ2n) is 2.08. The van der Waals surface area contributed by atoms with E-state index in [1.165, 1.54) is 0 Å². The minimum atomic E-state index is -4.99. The lowest BCUT2D eigenvalue weighted by atomic mass is 10.00. The van der Waals surface area contributed by atoms with Crippen molar-refractivity contribution in [1.82, 2.24) is 0 Å². The molecule has 0 rings (SSSR count). The smallest absolute Gasteiger partial charge is 0.373 e. The molecule has 0 saturated heterocycles. The molecule has 0 bridgehead atoms. The molecule has 6 heteroatoms. The Morgan fingerprint density at radius 1 is 1.55 bits per heavy atom. The molecular weight excluding hydrogens is 163 g/mol. The molecular formula is C5H8F3NO2. The van der Waals surface area contributed by atoms with Gasteiger partial charge < -0.3 is 10.8 Å². The van der Waals surface area contributed by atoms with Crippen LogP contribution in [-0.2, 0) is 4.79 Å². The Kier molecular flexibility index (Phi) is 2.50. The number of halogens is 3. The Morgan fingerprint density at radius 2 is 1.91 bits per heavy atom. The quantitative estimate of drug-likeness (QED) is 0.622. The fourth-order valence-electron chi connectivity index (χ4n) is 0.514. The zero-order chi connectivity index (χ0) is 9.28. The summed E-state index contributed by atoms with van der Waals surface area (Å²) in [5, 5.41) is 8.63. The minimum Gasteiger partial charge on any atom is -0.373 e. The SMILES string of the molecule is CCC(O)(C(N)=O)C(F)(F)F. The summed E-state index contributed by atoms with van der Waals surface area (Å²) in [5.74, 6) is -1.77. The molecule has 0 aromatic rings. The predicted octanol–water partition coefficient (Wildman–Crippen LogP) is 0.175. The molecule has 3 nitrogen and oxygen atoms in total. The van der Waals surface area contributed by atoms with E-state index < -0.39 is 24.1 Å². The summed E-state index contributed by atoms with van der Waals surface area (Å²) >= 11 is 0. The van der Waals surface area contributed by atoms with E-state index in [1.807, 2.05) is 0 Å². The first-order valence-electron chi connectivity index (χ1n) is 2.84. The van der Waals surface area contributed by atoms with Crippen molar-refractivity contribution in [2.75, 3.05) is 0 Å². The lowest BCUT2D eigenvalue weighted by Gasteiger charge is -2.25. The number of hydrogen-bond donors (Lipinski definition) is 2. The van der Waals surface area contributed by atoms with Crippen molar-refractivity contribution in [2.24, 2.45) is 5.73 Å². The van der Waals surface area contributed by atoms with Crippen molar-refractivity contribution in [3.63, 3.8) is 0 Å². The van der Waals surface area contributed by atoms with Gasteiger partial charge in [-0.2, -0.15) is 13.2 Å². The first kappa shape index (κ1) is 10.2. The standard InChI is InChI=1S/C5H8F3NO2/c1-2-4(11,3(9)10)5(6,7)8/h11H,2H2,1H3,(H2,9,10). The molecule has 11 heavy (non-hydrogen) atoms. The Bertz CT molecular complexity index is 168. The summed E-state index contributed by atoms with van der Waals surface area (Å²) in [7, 11) is 0. The topological polar surface area (TPSA) is 63.3 Å². The van der Waals surface area contributed by atoms with Gasteiger partial charge in [0, 0.05) is 0 Å². The summed E-state index contributed by atoms with van der Waals surface area (Å²) in [6.07, 6.45) is -5.76. The summed E-state index contributed by atoms with van der Waals surface area (Å²) < 4.78 is 35.4. The third-order valence-electron chi connectivity index (χ3n) is 1.39. The monoisotopic (exact) mass is 171 g/mol. The molecule has 3 N–H and O–H groups in total. The van der Waals surface area contributed by atoms with E-state index in [-0.39, 0.29) is 0 Å². The maximum Gasteiger partial charge on any atom is 0.426 e. The van der Waals surface area contributed by atoms with Crippen LogP contribution in [0.3, 0.4) is 0 Å². The van der Waals surface area contributed by atoms with E-state index >= 15 is 0 Å². The maximum absolute atomic E-state index is 11.8. The van der Waals surface area contributed by atoms with Crippen LogP contribution >= 0.6 is 0 Å². The van der Waals surface area contributed by atoms with Crippen molar-refractivity contribution < 1.29 is 23.1 Å². The molecule has 0 aliphatic carbocycles. The number of rotatable bonds is 2. The average molecular weight is 171 g/mol. The highest BCUT2D eigenvalue weighted by Gasteiger charge is 2.57. The molecule has 1 unspecified atom stereocenters. The Morgan fingerprint density at radius 3 is 1.91 bits per heavy atom. The van der Waals surface area contributed by atoms with Gasteiger partial charge in [-0.1, -0.05) is 6.92 Å². The summed E-state index contributed by atoms with van der Waals surface area (Å²) in [4.78, 5) is 10.2. The van der Waals surface area contributed by atoms with Crippen molar-refractivity contribution in [3.8, 4) is 0 Å². The number of alkyl halides is 3. The normalized spacial score (nSPS) is 17.5. The highest BCUT2D eigenvalue weighted by Crippen LogP contribution is 2.32. The van der Waals surface area contributed by atoms with E-state index in [0.29, 0.717) is 0 Å². The van der Waals surface area contributed by atoms with Gasteiger partial charge in [0.15, 0.2) is 0 Å². The third kappa shape index (κ3) is 1.62. The number of carbonyl (C=O) groups excluding carboxylic acids is 1. The number of amides is 1. The van der Waals surface area contributed by atoms with Crippen LogP contribution in [0.25, 0.3) is 0 Å². The molecule has 1 atom stereocenters. The molecule has 0 aromatic carbocycles. The zero-order valence-electron chi connectivity index (χ0n) is 5.77. The van der Waals surface area contributed by atoms with Crippen LogP contribution in [0.2, 0.25) is 0 Å². The van der Waals surface area contributed by atoms with Gasteiger partial charge in [-0.3, -0.25) is 4.79 Å². The average Bonchev–Trinajstić information content (AvgIpc) is 1.83. The Balaban J connectivity index is 4.75. The first-order valence-corrected chi connectivity index (χ1v) is 2.84. The van der Waals surface area contributed by atoms with Gasteiger partial charge in [-0.15, -0.1) is 0 Å². The molecule has 0 radical (unpaired) electrons. The maximum atomic E-state index is 11.8. The van der Waals surface area contributed by atoms with Crippen LogP contribution in [0, 0.1) is 0 Å². The molecule has 0 spiro atoms. The first-order chi connectivity index (χ1) is 4.75. The summed E-state index contributed by atoms with van der Waals surface area (Å²) in [6, 6.07) is 0. The number of aliphatic hydroxyl groups is 1. The van der Waals surface area contributed by atoms with E-state index in [0.717, 1.165) is 6.92 Å². The van der Waals surface area contributed by atoms with Gasteiger partial charge in [0.05, 0.1) is 0 Å². The van der Waals surface area contributed by atoms with Gasteiger partial charge in [0.2, 0.25) is 5.60 Å². The number of carbonyl (C=O) groups is 1. The molecule has 0 aliphatic rings. The second-order valence-corrected chi connectivity index (χ2v) is 2.08. The Labute approximate surface area is 61.0 Å². The molecule has 0 saturated carbocycles. The van der Waals surface area contributed by atoms with Crippen LogP contribution in [0.15, 0.2) is 0 Å². The predicted molar refractivity (Wildman–Crippen MR) is 30.5 cm³/mol. The van der Waals surface area contributed by atoms with Crippen LogP contribution < -0.4 is 5.73 Å². The fraction of sp³-hybridized carbons (Fsp3) is 0.800. The minimum absolute atomic E-state index is 0.772. The molecule has 0 aliphatic heterocycles. The van der Waals surface area contributed by atoms with E-state index in [2.05, 4.69) is 5.73 Å². The van der Waals surface area contributed by atoms with Gasteiger partial charge in [0.1, 0.15) is 0 Å². The number of primary amides is 1. The van der Waals surface area contributed by atoms with Crippen LogP contribution in [0.5, 0.6) is 0 Å². The molecule has 66 valence electrons. The summed E-state index contributed by atoms with van der Waals surface area (Å²) in [5.41, 5.74) is 0.977. The van der Waals surface area contributed by atoms with Gasteiger partial charge in [0.25, 0.3) is 5.91 Å². The van der Waals surface area contributed by atoms with Gasteiger partial charge in [-0.25, -0.2) is 0 Å². The van der Waals surface area contributed by atoms with Crippen LogP contribution in [0.1, 0.15) is 13.3 Å². The van der Waals surface area contributed by atoms with Crippen LogP contribution in [-0.4, -0.2) is 22.8 Å². The zero-order valence-corrected chi connectivity index (χ0v) is 5.77. The van der Waals surface area contributed by atoms with Crippen molar-refractivity contribution in [2.45, 2.75) is 25.1 Å². The van der Waals surface area contributed by atoms with E-state index in [4.69, 9.17) is 5.11 Å².